The normalized spacial score (nSPS) is 10.8. The smallest absolute Gasteiger partial charge is 0.239 e. The zero-order chi connectivity index (χ0) is 20.0. The highest BCUT2D eigenvalue weighted by Crippen LogP contribution is 2.27. The van der Waals surface area contributed by atoms with E-state index in [2.05, 4.69) is 10.6 Å². The Morgan fingerprint density at radius 1 is 0.926 bits per heavy atom. The van der Waals surface area contributed by atoms with Gasteiger partial charge in [-0.1, -0.05) is 12.1 Å². The third-order valence-electron chi connectivity index (χ3n) is 4.12. The van der Waals surface area contributed by atoms with Crippen molar-refractivity contribution >= 4 is 29.0 Å². The lowest BCUT2D eigenvalue weighted by Gasteiger charge is -2.23. The van der Waals surface area contributed by atoms with E-state index in [0.717, 1.165) is 0 Å². The zero-order valence-electron chi connectivity index (χ0n) is 16.0. The van der Waals surface area contributed by atoms with Crippen LogP contribution >= 0.6 is 0 Å². The van der Waals surface area contributed by atoms with Gasteiger partial charge in [0, 0.05) is 11.3 Å². The van der Waals surface area contributed by atoms with E-state index < -0.39 is 17.2 Å². The van der Waals surface area contributed by atoms with Crippen LogP contribution in [0.3, 0.4) is 0 Å². The number of carbonyl (C=O) groups excluding carboxylic acids is 3. The van der Waals surface area contributed by atoms with Crippen LogP contribution < -0.4 is 15.4 Å². The standard InChI is InChI=1S/C21H24N2O4/c1-5-27-18-9-7-6-8-17(18)23-20(26)21(3,4)19(25)22-16-12-10-15(11-13-16)14(2)24/h6-13H,5H2,1-4H3,(H,22,25)(H,23,26). The van der Waals surface area contributed by atoms with Crippen LogP contribution in [0.25, 0.3) is 0 Å². The number of benzene rings is 2. The summed E-state index contributed by atoms with van der Waals surface area (Å²) in [7, 11) is 0. The highest BCUT2D eigenvalue weighted by molar-refractivity contribution is 6.14. The predicted molar refractivity (Wildman–Crippen MR) is 105 cm³/mol. The third kappa shape index (κ3) is 4.94. The molecule has 2 aromatic rings. The Balaban J connectivity index is 2.10. The Hall–Kier alpha value is -3.15. The first-order valence-corrected chi connectivity index (χ1v) is 8.71. The molecule has 0 aliphatic carbocycles. The van der Waals surface area contributed by atoms with Gasteiger partial charge in [0.05, 0.1) is 12.3 Å². The number of para-hydroxylation sites is 2. The first-order chi connectivity index (χ1) is 12.8. The second-order valence-electron chi connectivity index (χ2n) is 6.60. The summed E-state index contributed by atoms with van der Waals surface area (Å²) in [5.41, 5.74) is 0.257. The fraction of sp³-hybridized carbons (Fsp3) is 0.286. The third-order valence-corrected chi connectivity index (χ3v) is 4.12. The van der Waals surface area contributed by atoms with Crippen molar-refractivity contribution in [1.82, 2.24) is 0 Å². The van der Waals surface area contributed by atoms with E-state index in [-0.39, 0.29) is 5.78 Å². The van der Waals surface area contributed by atoms with Gasteiger partial charge in [0.1, 0.15) is 11.2 Å². The van der Waals surface area contributed by atoms with Gasteiger partial charge in [0.25, 0.3) is 0 Å². The van der Waals surface area contributed by atoms with Crippen molar-refractivity contribution in [3.8, 4) is 5.75 Å². The molecule has 0 saturated carbocycles. The highest BCUT2D eigenvalue weighted by atomic mass is 16.5. The molecule has 0 aromatic heterocycles. The maximum Gasteiger partial charge on any atom is 0.239 e. The van der Waals surface area contributed by atoms with Crippen molar-refractivity contribution in [2.24, 2.45) is 5.41 Å². The van der Waals surface area contributed by atoms with Gasteiger partial charge in [-0.25, -0.2) is 0 Å². The summed E-state index contributed by atoms with van der Waals surface area (Å²) in [4.78, 5) is 36.6. The molecule has 2 N–H and O–H groups in total. The molecule has 0 radical (unpaired) electrons. The molecule has 27 heavy (non-hydrogen) atoms. The topological polar surface area (TPSA) is 84.5 Å². The number of amides is 2. The van der Waals surface area contributed by atoms with Crippen LogP contribution in [0.15, 0.2) is 48.5 Å². The number of Topliss-reactive ketones (excluding diaryl/α,β-unsaturated/α-hetero) is 1. The zero-order valence-corrected chi connectivity index (χ0v) is 16.0. The Morgan fingerprint density at radius 3 is 2.11 bits per heavy atom. The van der Waals surface area contributed by atoms with Crippen molar-refractivity contribution < 1.29 is 19.1 Å². The van der Waals surface area contributed by atoms with E-state index in [9.17, 15) is 14.4 Å². The minimum atomic E-state index is -1.32. The van der Waals surface area contributed by atoms with Crippen LogP contribution in [0, 0.1) is 5.41 Å². The molecule has 0 bridgehead atoms. The van der Waals surface area contributed by atoms with E-state index in [1.807, 2.05) is 13.0 Å². The fourth-order valence-electron chi connectivity index (χ4n) is 2.31. The molecule has 0 aliphatic rings. The Morgan fingerprint density at radius 2 is 1.52 bits per heavy atom. The Bertz CT molecular complexity index is 842. The van der Waals surface area contributed by atoms with Crippen molar-refractivity contribution in [3.63, 3.8) is 0 Å². The molecule has 0 saturated heterocycles. The summed E-state index contributed by atoms with van der Waals surface area (Å²) in [6.07, 6.45) is 0. The number of hydrogen-bond acceptors (Lipinski definition) is 4. The van der Waals surface area contributed by atoms with Gasteiger partial charge in [-0.15, -0.1) is 0 Å². The maximum absolute atomic E-state index is 12.7. The molecular formula is C21H24N2O4. The molecule has 142 valence electrons. The number of rotatable bonds is 7. The van der Waals surface area contributed by atoms with Gasteiger partial charge in [-0.3, -0.25) is 14.4 Å². The lowest BCUT2D eigenvalue weighted by Crippen LogP contribution is -2.41. The molecule has 2 rings (SSSR count). The first-order valence-electron chi connectivity index (χ1n) is 8.71. The number of nitrogens with one attached hydrogen (secondary N) is 2. The van der Waals surface area contributed by atoms with Gasteiger partial charge < -0.3 is 15.4 Å². The predicted octanol–water partition coefficient (Wildman–Crippen LogP) is 3.89. The van der Waals surface area contributed by atoms with Gasteiger partial charge in [0.15, 0.2) is 5.78 Å². The summed E-state index contributed by atoms with van der Waals surface area (Å²) in [5, 5.41) is 5.47. The van der Waals surface area contributed by atoms with E-state index in [4.69, 9.17) is 4.74 Å². The molecule has 0 heterocycles. The second kappa shape index (κ2) is 8.49. The molecule has 0 spiro atoms. The number of anilines is 2. The largest absolute Gasteiger partial charge is 0.492 e. The van der Waals surface area contributed by atoms with E-state index in [0.29, 0.717) is 29.3 Å². The molecule has 0 fully saturated rings. The number of ketones is 1. The number of carbonyl (C=O) groups is 3. The Labute approximate surface area is 158 Å². The summed E-state index contributed by atoms with van der Waals surface area (Å²) in [5.74, 6) is -0.415. The first kappa shape index (κ1) is 20.2. The quantitative estimate of drug-likeness (QED) is 0.573. The van der Waals surface area contributed by atoms with E-state index in [1.54, 1.807) is 56.3 Å². The number of ether oxygens (including phenoxy) is 1. The molecule has 0 aliphatic heterocycles. The van der Waals surface area contributed by atoms with E-state index in [1.165, 1.54) is 6.92 Å². The van der Waals surface area contributed by atoms with Gasteiger partial charge in [-0.2, -0.15) is 0 Å². The van der Waals surface area contributed by atoms with Crippen LogP contribution in [0.1, 0.15) is 38.1 Å². The van der Waals surface area contributed by atoms with Crippen LogP contribution in [-0.2, 0) is 9.59 Å². The van der Waals surface area contributed by atoms with Crippen molar-refractivity contribution in [3.05, 3.63) is 54.1 Å². The highest BCUT2D eigenvalue weighted by Gasteiger charge is 2.36. The Kier molecular flexibility index (Phi) is 6.34. The molecule has 6 nitrogen and oxygen atoms in total. The maximum atomic E-state index is 12.7. The average Bonchev–Trinajstić information content (AvgIpc) is 2.63. The van der Waals surface area contributed by atoms with E-state index >= 15 is 0 Å². The minimum absolute atomic E-state index is 0.0550. The van der Waals surface area contributed by atoms with Gasteiger partial charge in [0.2, 0.25) is 11.8 Å². The SMILES string of the molecule is CCOc1ccccc1NC(=O)C(C)(C)C(=O)Nc1ccc(C(C)=O)cc1. The van der Waals surface area contributed by atoms with Crippen molar-refractivity contribution in [2.45, 2.75) is 27.7 Å². The van der Waals surface area contributed by atoms with Crippen LogP contribution in [0.2, 0.25) is 0 Å². The minimum Gasteiger partial charge on any atom is -0.492 e. The lowest BCUT2D eigenvalue weighted by molar-refractivity contribution is -0.135. The fourth-order valence-corrected chi connectivity index (χ4v) is 2.31. The summed E-state index contributed by atoms with van der Waals surface area (Å²) >= 11 is 0. The monoisotopic (exact) mass is 368 g/mol. The van der Waals surface area contributed by atoms with Crippen molar-refractivity contribution in [2.75, 3.05) is 17.2 Å². The van der Waals surface area contributed by atoms with Crippen LogP contribution in [0.4, 0.5) is 11.4 Å². The average molecular weight is 368 g/mol. The summed E-state index contributed by atoms with van der Waals surface area (Å²) in [6.45, 7) is 6.89. The molecular weight excluding hydrogens is 344 g/mol. The molecule has 0 unspecified atom stereocenters. The molecule has 6 heteroatoms. The number of hydrogen-bond donors (Lipinski definition) is 2. The molecule has 0 atom stereocenters. The molecule has 2 amide bonds. The van der Waals surface area contributed by atoms with Gasteiger partial charge in [-0.05, 0) is 64.1 Å². The van der Waals surface area contributed by atoms with Crippen molar-refractivity contribution in [1.29, 1.82) is 0 Å². The van der Waals surface area contributed by atoms with Crippen LogP contribution in [0.5, 0.6) is 5.75 Å². The summed E-state index contributed by atoms with van der Waals surface area (Å²) in [6, 6.07) is 13.6. The van der Waals surface area contributed by atoms with Crippen LogP contribution in [-0.4, -0.2) is 24.2 Å². The lowest BCUT2D eigenvalue weighted by atomic mass is 9.90. The summed E-state index contributed by atoms with van der Waals surface area (Å²) < 4.78 is 5.49. The second-order valence-corrected chi connectivity index (χ2v) is 6.60. The van der Waals surface area contributed by atoms with Gasteiger partial charge >= 0.3 is 0 Å². The molecule has 2 aromatic carbocycles.